The number of amides is 1. The summed E-state index contributed by atoms with van der Waals surface area (Å²) < 4.78 is 11.3. The van der Waals surface area contributed by atoms with Crippen molar-refractivity contribution in [3.8, 4) is 11.5 Å². The van der Waals surface area contributed by atoms with E-state index >= 15 is 0 Å². The fourth-order valence-corrected chi connectivity index (χ4v) is 4.06. The molecule has 1 N–H and O–H groups in total. The fraction of sp³-hybridized carbons (Fsp3) is 0.417. The number of carbonyl (C=O) groups excluding carboxylic acids is 2. The molecule has 3 aliphatic rings. The van der Waals surface area contributed by atoms with Crippen LogP contribution >= 0.6 is 0 Å². The van der Waals surface area contributed by atoms with Crippen LogP contribution in [0.1, 0.15) is 53.9 Å². The lowest BCUT2D eigenvalue weighted by Crippen LogP contribution is -2.18. The minimum absolute atomic E-state index is 0.00180. The molecular formula is C24H25NO4. The maximum absolute atomic E-state index is 12.7. The molecule has 5 rings (SSSR count). The van der Waals surface area contributed by atoms with Crippen LogP contribution in [-0.4, -0.2) is 24.9 Å². The zero-order valence-corrected chi connectivity index (χ0v) is 16.4. The Hall–Kier alpha value is -2.82. The van der Waals surface area contributed by atoms with Crippen molar-refractivity contribution in [2.75, 3.05) is 18.5 Å². The van der Waals surface area contributed by atoms with Gasteiger partial charge in [-0.15, -0.1) is 0 Å². The highest BCUT2D eigenvalue weighted by Gasteiger charge is 2.34. The van der Waals surface area contributed by atoms with Crippen LogP contribution in [0.5, 0.6) is 11.5 Å². The predicted octanol–water partition coefficient (Wildman–Crippen LogP) is 4.57. The molecule has 0 aromatic heterocycles. The Balaban J connectivity index is 1.25. The van der Waals surface area contributed by atoms with Crippen LogP contribution in [0.15, 0.2) is 42.5 Å². The van der Waals surface area contributed by atoms with Gasteiger partial charge in [-0.2, -0.15) is 0 Å². The fourth-order valence-electron chi connectivity index (χ4n) is 4.06. The number of nitrogens with one attached hydrogen (secondary N) is 1. The minimum Gasteiger partial charge on any atom is -0.486 e. The summed E-state index contributed by atoms with van der Waals surface area (Å²) in [7, 11) is 0. The molecule has 0 saturated heterocycles. The smallest absolute Gasteiger partial charge is 0.224 e. The molecule has 1 amide bonds. The zero-order chi connectivity index (χ0) is 19.8. The Morgan fingerprint density at radius 3 is 2.34 bits per heavy atom. The van der Waals surface area contributed by atoms with Gasteiger partial charge in [-0.3, -0.25) is 9.59 Å². The average molecular weight is 391 g/mol. The van der Waals surface area contributed by atoms with Crippen LogP contribution < -0.4 is 14.8 Å². The van der Waals surface area contributed by atoms with Gasteiger partial charge < -0.3 is 14.8 Å². The largest absolute Gasteiger partial charge is 0.486 e. The van der Waals surface area contributed by atoms with Gasteiger partial charge in [-0.05, 0) is 79.5 Å². The molecule has 1 heterocycles. The molecule has 2 saturated carbocycles. The van der Waals surface area contributed by atoms with Gasteiger partial charge >= 0.3 is 0 Å². The van der Waals surface area contributed by atoms with Crippen LogP contribution in [0.25, 0.3) is 0 Å². The summed E-state index contributed by atoms with van der Waals surface area (Å²) in [5.74, 6) is 2.70. The standard InChI is InChI=1S/C24H25NO4/c26-23(25-19-8-5-17(6-9-19)24(27)16-3-4-16)14-20(15-1-2-15)18-7-10-21-22(13-18)29-12-11-28-21/h5-10,13,15-16,20H,1-4,11-12,14H2,(H,25,26). The number of carbonyl (C=O) groups is 2. The zero-order valence-electron chi connectivity index (χ0n) is 16.4. The van der Waals surface area contributed by atoms with Gasteiger partial charge in [-0.1, -0.05) is 6.07 Å². The summed E-state index contributed by atoms with van der Waals surface area (Å²) >= 11 is 0. The highest BCUT2D eigenvalue weighted by molar-refractivity contribution is 6.00. The topological polar surface area (TPSA) is 64.6 Å². The average Bonchev–Trinajstić information content (AvgIpc) is 3.65. The van der Waals surface area contributed by atoms with E-state index in [0.29, 0.717) is 25.6 Å². The Bertz CT molecular complexity index is 928. The second kappa shape index (κ2) is 7.54. The number of ketones is 1. The minimum atomic E-state index is -0.00180. The maximum Gasteiger partial charge on any atom is 0.224 e. The summed E-state index contributed by atoms with van der Waals surface area (Å²) in [4.78, 5) is 24.8. The molecule has 2 aromatic carbocycles. The second-order valence-corrected chi connectivity index (χ2v) is 8.32. The van der Waals surface area contributed by atoms with Crippen molar-refractivity contribution in [2.45, 2.75) is 38.0 Å². The van der Waals surface area contributed by atoms with Crippen LogP contribution in [-0.2, 0) is 4.79 Å². The lowest BCUT2D eigenvalue weighted by atomic mass is 9.90. The van der Waals surface area contributed by atoms with E-state index in [1.165, 1.54) is 0 Å². The van der Waals surface area contributed by atoms with Crippen molar-refractivity contribution in [3.05, 3.63) is 53.6 Å². The highest BCUT2D eigenvalue weighted by Crippen LogP contribution is 2.46. The van der Waals surface area contributed by atoms with Crippen LogP contribution in [0.3, 0.4) is 0 Å². The monoisotopic (exact) mass is 391 g/mol. The molecule has 0 spiro atoms. The van der Waals surface area contributed by atoms with Crippen molar-refractivity contribution in [2.24, 2.45) is 11.8 Å². The van der Waals surface area contributed by atoms with E-state index in [1.54, 1.807) is 0 Å². The van der Waals surface area contributed by atoms with Crippen molar-refractivity contribution in [1.82, 2.24) is 0 Å². The molecular weight excluding hydrogens is 366 g/mol. The van der Waals surface area contributed by atoms with Crippen LogP contribution in [0, 0.1) is 11.8 Å². The molecule has 5 heteroatoms. The van der Waals surface area contributed by atoms with Gasteiger partial charge in [-0.25, -0.2) is 0 Å². The number of rotatable bonds is 7. The van der Waals surface area contributed by atoms with Gasteiger partial charge in [0.05, 0.1) is 0 Å². The van der Waals surface area contributed by atoms with E-state index in [-0.39, 0.29) is 23.5 Å². The Morgan fingerprint density at radius 1 is 0.931 bits per heavy atom. The van der Waals surface area contributed by atoms with E-state index in [0.717, 1.165) is 54.0 Å². The van der Waals surface area contributed by atoms with Gasteiger partial charge in [0.25, 0.3) is 0 Å². The molecule has 0 bridgehead atoms. The normalized spacial score (nSPS) is 18.8. The third-order valence-electron chi connectivity index (χ3n) is 5.99. The number of ether oxygens (including phenoxy) is 2. The molecule has 150 valence electrons. The van der Waals surface area contributed by atoms with Crippen LogP contribution in [0.4, 0.5) is 5.69 Å². The number of Topliss-reactive ketones (excluding diaryl/α,β-unsaturated/α-hetero) is 1. The first-order chi connectivity index (χ1) is 14.2. The summed E-state index contributed by atoms with van der Waals surface area (Å²) in [5.41, 5.74) is 2.61. The maximum atomic E-state index is 12.7. The second-order valence-electron chi connectivity index (χ2n) is 8.32. The summed E-state index contributed by atoms with van der Waals surface area (Å²) in [5, 5.41) is 2.99. The van der Waals surface area contributed by atoms with E-state index in [1.807, 2.05) is 36.4 Å². The first kappa shape index (κ1) is 18.2. The van der Waals surface area contributed by atoms with E-state index < -0.39 is 0 Å². The number of hydrogen-bond donors (Lipinski definition) is 1. The number of fused-ring (bicyclic) bond motifs is 1. The lowest BCUT2D eigenvalue weighted by Gasteiger charge is -2.22. The first-order valence-corrected chi connectivity index (χ1v) is 10.5. The van der Waals surface area contributed by atoms with E-state index in [2.05, 4.69) is 11.4 Å². The Labute approximate surface area is 170 Å². The molecule has 2 aliphatic carbocycles. The molecule has 1 aliphatic heterocycles. The first-order valence-electron chi connectivity index (χ1n) is 10.5. The van der Waals surface area contributed by atoms with Crippen molar-refractivity contribution in [1.29, 1.82) is 0 Å². The van der Waals surface area contributed by atoms with Crippen LogP contribution in [0.2, 0.25) is 0 Å². The molecule has 2 aromatic rings. The predicted molar refractivity (Wildman–Crippen MR) is 110 cm³/mol. The van der Waals surface area contributed by atoms with Gasteiger partial charge in [0.2, 0.25) is 5.91 Å². The number of hydrogen-bond acceptors (Lipinski definition) is 4. The summed E-state index contributed by atoms with van der Waals surface area (Å²) in [6, 6.07) is 13.3. The summed E-state index contributed by atoms with van der Waals surface area (Å²) in [6.45, 7) is 1.14. The molecule has 2 fully saturated rings. The molecule has 0 radical (unpaired) electrons. The quantitative estimate of drug-likeness (QED) is 0.702. The summed E-state index contributed by atoms with van der Waals surface area (Å²) in [6.07, 6.45) is 4.75. The lowest BCUT2D eigenvalue weighted by molar-refractivity contribution is -0.116. The molecule has 1 unspecified atom stereocenters. The number of anilines is 1. The number of benzene rings is 2. The molecule has 29 heavy (non-hydrogen) atoms. The van der Waals surface area contributed by atoms with Gasteiger partial charge in [0.15, 0.2) is 17.3 Å². The molecule has 1 atom stereocenters. The Kier molecular flexibility index (Phi) is 4.74. The van der Waals surface area contributed by atoms with Crippen molar-refractivity contribution < 1.29 is 19.1 Å². The van der Waals surface area contributed by atoms with Crippen molar-refractivity contribution in [3.63, 3.8) is 0 Å². The van der Waals surface area contributed by atoms with Gasteiger partial charge in [0, 0.05) is 23.6 Å². The van der Waals surface area contributed by atoms with E-state index in [4.69, 9.17) is 9.47 Å². The highest BCUT2D eigenvalue weighted by atomic mass is 16.6. The Morgan fingerprint density at radius 2 is 1.66 bits per heavy atom. The third kappa shape index (κ3) is 4.14. The third-order valence-corrected chi connectivity index (χ3v) is 5.99. The molecule has 5 nitrogen and oxygen atoms in total. The van der Waals surface area contributed by atoms with E-state index in [9.17, 15) is 9.59 Å². The van der Waals surface area contributed by atoms with Crippen molar-refractivity contribution >= 4 is 17.4 Å². The SMILES string of the molecule is O=C(CC(c1ccc2c(c1)OCCO2)C1CC1)Nc1ccc(C(=O)C2CC2)cc1. The van der Waals surface area contributed by atoms with Gasteiger partial charge in [0.1, 0.15) is 13.2 Å².